The standard InChI is InChI=1S/C21H17N3O2/c25-21(23-15-16-10-12-24-13-11-22-20(24)14-16)17-6-8-19(9-7-17)26-18-4-2-1-3-5-18/h1-14H,15H2,(H,23,25). The zero-order valence-corrected chi connectivity index (χ0v) is 14.0. The first kappa shape index (κ1) is 15.9. The van der Waals surface area contributed by atoms with Crippen LogP contribution in [0, 0.1) is 0 Å². The Labute approximate surface area is 150 Å². The molecule has 0 aliphatic rings. The Balaban J connectivity index is 1.38. The van der Waals surface area contributed by atoms with Gasteiger partial charge in [0.05, 0.1) is 0 Å². The summed E-state index contributed by atoms with van der Waals surface area (Å²) in [6.07, 6.45) is 5.56. The van der Waals surface area contributed by atoms with Gasteiger partial charge in [-0.2, -0.15) is 0 Å². The highest BCUT2D eigenvalue weighted by Crippen LogP contribution is 2.21. The van der Waals surface area contributed by atoms with Crippen molar-refractivity contribution in [3.05, 3.63) is 96.4 Å². The van der Waals surface area contributed by atoms with Gasteiger partial charge in [-0.15, -0.1) is 0 Å². The van der Waals surface area contributed by atoms with Crippen LogP contribution >= 0.6 is 0 Å². The maximum atomic E-state index is 12.3. The minimum Gasteiger partial charge on any atom is -0.457 e. The molecule has 0 radical (unpaired) electrons. The fourth-order valence-corrected chi connectivity index (χ4v) is 2.65. The molecule has 26 heavy (non-hydrogen) atoms. The fraction of sp³-hybridized carbons (Fsp3) is 0.0476. The number of aromatic nitrogens is 2. The van der Waals surface area contributed by atoms with Gasteiger partial charge in [0.25, 0.3) is 5.91 Å². The Kier molecular flexibility index (Phi) is 4.35. The predicted octanol–water partition coefficient (Wildman–Crippen LogP) is 4.06. The quantitative estimate of drug-likeness (QED) is 0.595. The molecule has 0 aliphatic carbocycles. The normalized spacial score (nSPS) is 10.6. The number of pyridine rings is 1. The summed E-state index contributed by atoms with van der Waals surface area (Å²) < 4.78 is 7.66. The number of fused-ring (bicyclic) bond motifs is 1. The molecule has 4 rings (SSSR count). The van der Waals surface area contributed by atoms with E-state index in [0.29, 0.717) is 17.9 Å². The van der Waals surface area contributed by atoms with E-state index in [9.17, 15) is 4.79 Å². The number of para-hydroxylation sites is 1. The topological polar surface area (TPSA) is 55.6 Å². The van der Waals surface area contributed by atoms with Gasteiger partial charge in [0.15, 0.2) is 0 Å². The number of nitrogens with one attached hydrogen (secondary N) is 1. The summed E-state index contributed by atoms with van der Waals surface area (Å²) in [7, 11) is 0. The van der Waals surface area contributed by atoms with E-state index < -0.39 is 0 Å². The summed E-state index contributed by atoms with van der Waals surface area (Å²) in [5, 5.41) is 2.92. The number of rotatable bonds is 5. The van der Waals surface area contributed by atoms with Crippen molar-refractivity contribution >= 4 is 11.6 Å². The monoisotopic (exact) mass is 343 g/mol. The van der Waals surface area contributed by atoms with Crippen molar-refractivity contribution in [2.45, 2.75) is 6.54 Å². The summed E-state index contributed by atoms with van der Waals surface area (Å²) in [5.41, 5.74) is 2.45. The number of imidazole rings is 1. The molecule has 1 amide bonds. The average molecular weight is 343 g/mol. The third kappa shape index (κ3) is 3.57. The van der Waals surface area contributed by atoms with Gasteiger partial charge >= 0.3 is 0 Å². The summed E-state index contributed by atoms with van der Waals surface area (Å²) in [6.45, 7) is 0.449. The second kappa shape index (κ2) is 7.11. The van der Waals surface area contributed by atoms with E-state index >= 15 is 0 Å². The van der Waals surface area contributed by atoms with E-state index in [1.807, 2.05) is 59.3 Å². The molecule has 0 unspecified atom stereocenters. The van der Waals surface area contributed by atoms with E-state index in [0.717, 1.165) is 17.0 Å². The molecule has 128 valence electrons. The third-order valence-corrected chi connectivity index (χ3v) is 4.01. The van der Waals surface area contributed by atoms with Gasteiger partial charge in [-0.05, 0) is 54.1 Å². The third-order valence-electron chi connectivity index (χ3n) is 4.01. The smallest absolute Gasteiger partial charge is 0.251 e. The van der Waals surface area contributed by atoms with Gasteiger partial charge in [-0.1, -0.05) is 18.2 Å². The van der Waals surface area contributed by atoms with Crippen molar-refractivity contribution in [2.75, 3.05) is 0 Å². The molecule has 5 heteroatoms. The Morgan fingerprint density at radius 1 is 0.962 bits per heavy atom. The van der Waals surface area contributed by atoms with Gasteiger partial charge in [0, 0.05) is 30.7 Å². The van der Waals surface area contributed by atoms with Gasteiger partial charge in [-0.25, -0.2) is 4.98 Å². The van der Waals surface area contributed by atoms with Crippen LogP contribution in [0.5, 0.6) is 11.5 Å². The van der Waals surface area contributed by atoms with Crippen molar-refractivity contribution < 1.29 is 9.53 Å². The molecular weight excluding hydrogens is 326 g/mol. The Morgan fingerprint density at radius 2 is 1.73 bits per heavy atom. The Morgan fingerprint density at radius 3 is 2.54 bits per heavy atom. The maximum absolute atomic E-state index is 12.3. The highest BCUT2D eigenvalue weighted by atomic mass is 16.5. The van der Waals surface area contributed by atoms with Crippen LogP contribution in [-0.2, 0) is 6.54 Å². The minimum atomic E-state index is -0.125. The van der Waals surface area contributed by atoms with Gasteiger partial charge in [0.2, 0.25) is 0 Å². The predicted molar refractivity (Wildman–Crippen MR) is 99.3 cm³/mol. The van der Waals surface area contributed by atoms with E-state index in [2.05, 4.69) is 10.3 Å². The number of carbonyl (C=O) groups excluding carboxylic acids is 1. The van der Waals surface area contributed by atoms with Crippen molar-refractivity contribution in [3.8, 4) is 11.5 Å². The fourth-order valence-electron chi connectivity index (χ4n) is 2.65. The molecule has 0 atom stereocenters. The van der Waals surface area contributed by atoms with Crippen LogP contribution in [0.1, 0.15) is 15.9 Å². The van der Waals surface area contributed by atoms with E-state index in [1.54, 1.807) is 30.5 Å². The second-order valence-corrected chi connectivity index (χ2v) is 5.85. The Hall–Kier alpha value is -3.60. The molecule has 0 aliphatic heterocycles. The molecule has 4 aromatic rings. The largest absolute Gasteiger partial charge is 0.457 e. The van der Waals surface area contributed by atoms with Gasteiger partial charge in [0.1, 0.15) is 17.1 Å². The summed E-state index contributed by atoms with van der Waals surface area (Å²) in [6, 6.07) is 20.5. The lowest BCUT2D eigenvalue weighted by Crippen LogP contribution is -2.22. The lowest BCUT2D eigenvalue weighted by Gasteiger charge is -2.08. The Bertz CT molecular complexity index is 1020. The summed E-state index contributed by atoms with van der Waals surface area (Å²) in [5.74, 6) is 1.33. The lowest BCUT2D eigenvalue weighted by atomic mass is 10.2. The molecule has 0 fully saturated rings. The summed E-state index contributed by atoms with van der Waals surface area (Å²) in [4.78, 5) is 16.6. The van der Waals surface area contributed by atoms with Gasteiger partial charge < -0.3 is 14.5 Å². The average Bonchev–Trinajstić information content (AvgIpc) is 3.15. The van der Waals surface area contributed by atoms with Crippen LogP contribution in [0.3, 0.4) is 0 Å². The number of hydrogen-bond acceptors (Lipinski definition) is 3. The van der Waals surface area contributed by atoms with Crippen LogP contribution in [0.25, 0.3) is 5.65 Å². The number of carbonyl (C=O) groups is 1. The SMILES string of the molecule is O=C(NCc1ccn2ccnc2c1)c1ccc(Oc2ccccc2)cc1. The number of ether oxygens (including phenoxy) is 1. The van der Waals surface area contributed by atoms with Crippen molar-refractivity contribution in [2.24, 2.45) is 0 Å². The number of nitrogens with zero attached hydrogens (tertiary/aromatic N) is 2. The van der Waals surface area contributed by atoms with E-state index in [1.165, 1.54) is 0 Å². The molecule has 2 heterocycles. The molecule has 0 saturated heterocycles. The maximum Gasteiger partial charge on any atom is 0.251 e. The zero-order valence-electron chi connectivity index (χ0n) is 14.0. The first-order valence-electron chi connectivity index (χ1n) is 8.31. The lowest BCUT2D eigenvalue weighted by molar-refractivity contribution is 0.0951. The molecule has 5 nitrogen and oxygen atoms in total. The number of amides is 1. The molecule has 1 N–H and O–H groups in total. The molecule has 0 saturated carbocycles. The van der Waals surface area contributed by atoms with Crippen molar-refractivity contribution in [1.82, 2.24) is 14.7 Å². The van der Waals surface area contributed by atoms with Crippen LogP contribution in [-0.4, -0.2) is 15.3 Å². The van der Waals surface area contributed by atoms with Crippen LogP contribution < -0.4 is 10.1 Å². The van der Waals surface area contributed by atoms with Crippen molar-refractivity contribution in [1.29, 1.82) is 0 Å². The highest BCUT2D eigenvalue weighted by molar-refractivity contribution is 5.94. The van der Waals surface area contributed by atoms with E-state index in [4.69, 9.17) is 4.74 Å². The molecule has 0 bridgehead atoms. The van der Waals surface area contributed by atoms with Crippen molar-refractivity contribution in [3.63, 3.8) is 0 Å². The van der Waals surface area contributed by atoms with Crippen LogP contribution in [0.15, 0.2) is 85.3 Å². The highest BCUT2D eigenvalue weighted by Gasteiger charge is 2.06. The zero-order chi connectivity index (χ0) is 17.8. The summed E-state index contributed by atoms with van der Waals surface area (Å²) >= 11 is 0. The van der Waals surface area contributed by atoms with Crippen LogP contribution in [0.2, 0.25) is 0 Å². The molecular formula is C21H17N3O2. The first-order valence-corrected chi connectivity index (χ1v) is 8.31. The minimum absolute atomic E-state index is 0.125. The second-order valence-electron chi connectivity index (χ2n) is 5.85. The molecule has 0 spiro atoms. The number of benzene rings is 2. The van der Waals surface area contributed by atoms with Gasteiger partial charge in [-0.3, -0.25) is 4.79 Å². The van der Waals surface area contributed by atoms with E-state index in [-0.39, 0.29) is 5.91 Å². The molecule has 2 aromatic heterocycles. The first-order chi connectivity index (χ1) is 12.8. The number of hydrogen-bond donors (Lipinski definition) is 1. The van der Waals surface area contributed by atoms with Crippen LogP contribution in [0.4, 0.5) is 0 Å². The molecule has 2 aromatic carbocycles.